The van der Waals surface area contributed by atoms with Crippen LogP contribution in [0.4, 0.5) is 0 Å². The Hall–Kier alpha value is -2.73. The topological polar surface area (TPSA) is 54.7 Å². The van der Waals surface area contributed by atoms with Crippen LogP contribution in [-0.4, -0.2) is 34.4 Å². The van der Waals surface area contributed by atoms with Crippen molar-refractivity contribution in [2.24, 2.45) is 18.0 Å². The first kappa shape index (κ1) is 17.7. The summed E-state index contributed by atoms with van der Waals surface area (Å²) in [6, 6.07) is 13.7. The maximum absolute atomic E-state index is 13.1. The van der Waals surface area contributed by atoms with Crippen LogP contribution >= 0.6 is 11.3 Å². The van der Waals surface area contributed by atoms with Crippen LogP contribution < -0.4 is 4.80 Å². The first-order valence-corrected chi connectivity index (χ1v) is 9.97. The molecule has 1 atom stereocenters. The summed E-state index contributed by atoms with van der Waals surface area (Å²) in [5, 5.41) is 3.91. The van der Waals surface area contributed by atoms with E-state index in [4.69, 9.17) is 0 Å². The number of benzene rings is 2. The molecule has 27 heavy (non-hydrogen) atoms. The third-order valence-corrected chi connectivity index (χ3v) is 5.89. The lowest BCUT2D eigenvalue weighted by Gasteiger charge is -2.31. The molecule has 3 aromatic rings. The fraction of sp³-hybridized carbons (Fsp3) is 0.286. The summed E-state index contributed by atoms with van der Waals surface area (Å²) in [6.45, 7) is 1.11. The largest absolute Gasteiger partial charge is 0.338 e. The predicted molar refractivity (Wildman–Crippen MR) is 106 cm³/mol. The molecule has 1 fully saturated rings. The number of carbonyl (C=O) groups is 2. The molecule has 1 aromatic heterocycles. The summed E-state index contributed by atoms with van der Waals surface area (Å²) in [5.74, 6) is -0.380. The van der Waals surface area contributed by atoms with Crippen molar-refractivity contribution in [3.05, 3.63) is 64.4 Å². The Morgan fingerprint density at radius 1 is 1.15 bits per heavy atom. The molecule has 4 rings (SSSR count). The summed E-state index contributed by atoms with van der Waals surface area (Å²) in [5.41, 5.74) is 0.697. The van der Waals surface area contributed by atoms with Gasteiger partial charge in [-0.15, -0.1) is 11.3 Å². The number of rotatable bonds is 2. The van der Waals surface area contributed by atoms with Crippen molar-refractivity contribution in [2.75, 3.05) is 13.1 Å². The van der Waals surface area contributed by atoms with E-state index in [1.165, 1.54) is 11.3 Å². The van der Waals surface area contributed by atoms with Crippen LogP contribution in [0.2, 0.25) is 0 Å². The van der Waals surface area contributed by atoms with Gasteiger partial charge in [-0.25, -0.2) is 0 Å². The number of likely N-dealkylation sites (tertiary alicyclic amines) is 1. The highest BCUT2D eigenvalue weighted by Crippen LogP contribution is 2.24. The van der Waals surface area contributed by atoms with E-state index in [0.717, 1.165) is 23.6 Å². The average molecular weight is 379 g/mol. The molecule has 0 aliphatic carbocycles. The average Bonchev–Trinajstić information content (AvgIpc) is 3.11. The molecule has 0 spiro atoms. The molecule has 1 saturated heterocycles. The number of aryl methyl sites for hydroxylation is 1. The highest BCUT2D eigenvalue weighted by atomic mass is 32.1. The lowest BCUT2D eigenvalue weighted by Crippen LogP contribution is -2.42. The van der Waals surface area contributed by atoms with Gasteiger partial charge in [-0.2, -0.15) is 4.99 Å². The molecule has 0 bridgehead atoms. The minimum absolute atomic E-state index is 0.00835. The first-order valence-electron chi connectivity index (χ1n) is 9.09. The van der Waals surface area contributed by atoms with Crippen LogP contribution in [0.25, 0.3) is 10.8 Å². The van der Waals surface area contributed by atoms with Crippen LogP contribution in [0.15, 0.2) is 59.0 Å². The normalized spacial score (nSPS) is 18.0. The van der Waals surface area contributed by atoms with E-state index in [0.29, 0.717) is 23.5 Å². The van der Waals surface area contributed by atoms with Crippen LogP contribution in [0.1, 0.15) is 23.2 Å². The Labute approximate surface area is 161 Å². The zero-order chi connectivity index (χ0) is 18.8. The second-order valence-corrected chi connectivity index (χ2v) is 7.74. The molecule has 1 unspecified atom stereocenters. The number of amides is 2. The Morgan fingerprint density at radius 3 is 2.78 bits per heavy atom. The van der Waals surface area contributed by atoms with Crippen molar-refractivity contribution in [1.29, 1.82) is 0 Å². The van der Waals surface area contributed by atoms with Crippen LogP contribution in [0, 0.1) is 5.92 Å². The third kappa shape index (κ3) is 3.57. The van der Waals surface area contributed by atoms with Crippen molar-refractivity contribution >= 4 is 33.9 Å². The quantitative estimate of drug-likeness (QED) is 0.686. The van der Waals surface area contributed by atoms with Crippen LogP contribution in [0.5, 0.6) is 0 Å². The van der Waals surface area contributed by atoms with E-state index in [1.807, 2.05) is 65.7 Å². The summed E-state index contributed by atoms with van der Waals surface area (Å²) in [6.07, 6.45) is 3.48. The second kappa shape index (κ2) is 7.48. The molecule has 0 radical (unpaired) electrons. The first-order chi connectivity index (χ1) is 13.1. The van der Waals surface area contributed by atoms with E-state index < -0.39 is 0 Å². The lowest BCUT2D eigenvalue weighted by molar-refractivity contribution is -0.123. The zero-order valence-electron chi connectivity index (χ0n) is 15.2. The molecule has 138 valence electrons. The number of hydrogen-bond acceptors (Lipinski definition) is 3. The maximum Gasteiger partial charge on any atom is 0.254 e. The van der Waals surface area contributed by atoms with E-state index in [-0.39, 0.29) is 17.7 Å². The second-order valence-electron chi connectivity index (χ2n) is 6.86. The fourth-order valence-electron chi connectivity index (χ4n) is 3.57. The van der Waals surface area contributed by atoms with Crippen molar-refractivity contribution in [1.82, 2.24) is 9.47 Å². The number of hydrogen-bond donors (Lipinski definition) is 0. The molecule has 1 aliphatic heterocycles. The minimum atomic E-state index is -0.236. The molecule has 2 amide bonds. The van der Waals surface area contributed by atoms with Crippen LogP contribution in [0.3, 0.4) is 0 Å². The molecule has 2 aromatic carbocycles. The van der Waals surface area contributed by atoms with Crippen molar-refractivity contribution in [2.45, 2.75) is 12.8 Å². The summed E-state index contributed by atoms with van der Waals surface area (Å²) in [7, 11) is 1.87. The molecular weight excluding hydrogens is 358 g/mol. The van der Waals surface area contributed by atoms with Gasteiger partial charge in [-0.1, -0.05) is 36.4 Å². The fourth-order valence-corrected chi connectivity index (χ4v) is 4.30. The standard InChI is InChI=1S/C21H21N3O2S/c1-23-12-13-27-21(23)22-19(25)16-8-5-11-24(14-16)20(26)18-10-4-7-15-6-2-3-9-17(15)18/h2-4,6-7,9-10,12-13,16H,5,8,11,14H2,1H3. The number of fused-ring (bicyclic) bond motifs is 1. The highest BCUT2D eigenvalue weighted by molar-refractivity contribution is 7.07. The molecule has 0 N–H and O–H groups in total. The van der Waals surface area contributed by atoms with Gasteiger partial charge in [-0.3, -0.25) is 9.59 Å². The van der Waals surface area contributed by atoms with Gasteiger partial charge >= 0.3 is 0 Å². The monoisotopic (exact) mass is 379 g/mol. The van der Waals surface area contributed by atoms with Crippen molar-refractivity contribution in [3.63, 3.8) is 0 Å². The van der Waals surface area contributed by atoms with E-state index in [2.05, 4.69) is 4.99 Å². The number of thiazole rings is 1. The van der Waals surface area contributed by atoms with E-state index in [1.54, 1.807) is 4.90 Å². The number of nitrogens with zero attached hydrogens (tertiary/aromatic N) is 3. The van der Waals surface area contributed by atoms with Gasteiger partial charge in [0, 0.05) is 37.3 Å². The lowest BCUT2D eigenvalue weighted by atomic mass is 9.96. The highest BCUT2D eigenvalue weighted by Gasteiger charge is 2.29. The van der Waals surface area contributed by atoms with Gasteiger partial charge < -0.3 is 9.47 Å². The van der Waals surface area contributed by atoms with Gasteiger partial charge in [-0.05, 0) is 29.7 Å². The van der Waals surface area contributed by atoms with E-state index >= 15 is 0 Å². The van der Waals surface area contributed by atoms with Gasteiger partial charge in [0.2, 0.25) is 0 Å². The SMILES string of the molecule is Cn1ccsc1=NC(=O)C1CCCN(C(=O)c2cccc3ccccc23)C1. The van der Waals surface area contributed by atoms with Gasteiger partial charge in [0.05, 0.1) is 5.92 Å². The Kier molecular flexibility index (Phi) is 4.90. The van der Waals surface area contributed by atoms with Gasteiger partial charge in [0.25, 0.3) is 11.8 Å². The zero-order valence-corrected chi connectivity index (χ0v) is 16.0. The molecule has 6 heteroatoms. The van der Waals surface area contributed by atoms with Crippen molar-refractivity contribution < 1.29 is 9.59 Å². The molecule has 5 nitrogen and oxygen atoms in total. The molecule has 2 heterocycles. The minimum Gasteiger partial charge on any atom is -0.338 e. The number of aromatic nitrogens is 1. The summed E-state index contributed by atoms with van der Waals surface area (Å²) < 4.78 is 1.84. The van der Waals surface area contributed by atoms with E-state index in [9.17, 15) is 9.59 Å². The number of carbonyl (C=O) groups excluding carboxylic acids is 2. The number of piperidine rings is 1. The Balaban J connectivity index is 1.57. The van der Waals surface area contributed by atoms with Crippen molar-refractivity contribution in [3.8, 4) is 0 Å². The van der Waals surface area contributed by atoms with Crippen LogP contribution in [-0.2, 0) is 11.8 Å². The molecular formula is C21H21N3O2S. The summed E-state index contributed by atoms with van der Waals surface area (Å²) in [4.78, 5) is 32.5. The van der Waals surface area contributed by atoms with Gasteiger partial charge in [0.15, 0.2) is 4.80 Å². The van der Waals surface area contributed by atoms with Gasteiger partial charge in [0.1, 0.15) is 0 Å². The molecule has 0 saturated carbocycles. The summed E-state index contributed by atoms with van der Waals surface area (Å²) >= 11 is 1.44. The Bertz CT molecular complexity index is 1060. The smallest absolute Gasteiger partial charge is 0.254 e. The maximum atomic E-state index is 13.1. The predicted octanol–water partition coefficient (Wildman–Crippen LogP) is 3.22. The molecule has 1 aliphatic rings. The Morgan fingerprint density at radius 2 is 1.96 bits per heavy atom. The third-order valence-electron chi connectivity index (χ3n) is 5.04.